The van der Waals surface area contributed by atoms with Crippen LogP contribution in [0.1, 0.15) is 50.3 Å². The summed E-state index contributed by atoms with van der Waals surface area (Å²) < 4.78 is 11.1. The summed E-state index contributed by atoms with van der Waals surface area (Å²) in [7, 11) is 0. The van der Waals surface area contributed by atoms with Gasteiger partial charge in [-0.2, -0.15) is 5.10 Å². The van der Waals surface area contributed by atoms with Crippen LogP contribution in [0, 0.1) is 5.92 Å². The van der Waals surface area contributed by atoms with E-state index in [2.05, 4.69) is 16.1 Å². The van der Waals surface area contributed by atoms with Gasteiger partial charge >= 0.3 is 0 Å². The van der Waals surface area contributed by atoms with E-state index in [1.807, 2.05) is 62.4 Å². The molecule has 8 nitrogen and oxygen atoms in total. The summed E-state index contributed by atoms with van der Waals surface area (Å²) in [6, 6.07) is 15.6. The topological polar surface area (TPSA) is 99.9 Å². The van der Waals surface area contributed by atoms with Crippen LogP contribution in [0.2, 0.25) is 0 Å². The molecule has 0 N–H and O–H groups in total. The van der Waals surface area contributed by atoms with E-state index in [1.165, 1.54) is 5.01 Å². The quantitative estimate of drug-likeness (QED) is 0.278. The Bertz CT molecular complexity index is 1120. The van der Waals surface area contributed by atoms with Gasteiger partial charge < -0.3 is 9.47 Å². The summed E-state index contributed by atoms with van der Waals surface area (Å²) in [6.07, 6.45) is 5.00. The summed E-state index contributed by atoms with van der Waals surface area (Å²) in [6.45, 7) is 4.87. The molecule has 1 saturated carbocycles. The minimum Gasteiger partial charge on any atom is -0.494 e. The molecule has 176 valence electrons. The number of hydrogen-bond donors (Lipinski definition) is 0. The molecule has 2 unspecified atom stereocenters. The van der Waals surface area contributed by atoms with Gasteiger partial charge in [0.1, 0.15) is 18.0 Å². The van der Waals surface area contributed by atoms with E-state index in [1.54, 1.807) is 0 Å². The van der Waals surface area contributed by atoms with Crippen molar-refractivity contribution < 1.29 is 14.3 Å². The SMILES string of the molecule is CCOc1ccc(/C=C2/CCCC3C2=NN(C(=O)CN=[N+]=[N-])C3c2ccc(OCC)cc2)cc1. The molecule has 1 aliphatic heterocycles. The fourth-order valence-corrected chi connectivity index (χ4v) is 4.66. The molecule has 2 aliphatic rings. The van der Waals surface area contributed by atoms with E-state index in [4.69, 9.17) is 20.1 Å². The van der Waals surface area contributed by atoms with Crippen LogP contribution in [0.5, 0.6) is 11.5 Å². The second-order valence-corrected chi connectivity index (χ2v) is 8.23. The van der Waals surface area contributed by atoms with E-state index in [0.717, 1.165) is 53.2 Å². The number of fused-ring (bicyclic) bond motifs is 1. The number of hydrazone groups is 1. The number of amides is 1. The highest BCUT2D eigenvalue weighted by atomic mass is 16.5. The zero-order chi connectivity index (χ0) is 23.9. The van der Waals surface area contributed by atoms with Crippen LogP contribution in [0.25, 0.3) is 16.5 Å². The van der Waals surface area contributed by atoms with Gasteiger partial charge in [-0.15, -0.1) is 0 Å². The average molecular weight is 460 g/mol. The number of hydrogen-bond acceptors (Lipinski definition) is 5. The van der Waals surface area contributed by atoms with Gasteiger partial charge in [0.25, 0.3) is 0 Å². The van der Waals surface area contributed by atoms with Crippen LogP contribution < -0.4 is 9.47 Å². The van der Waals surface area contributed by atoms with Gasteiger partial charge in [-0.25, -0.2) is 5.01 Å². The van der Waals surface area contributed by atoms with Crippen molar-refractivity contribution in [3.05, 3.63) is 75.7 Å². The molecule has 1 aliphatic carbocycles. The number of rotatable bonds is 8. The van der Waals surface area contributed by atoms with Gasteiger partial charge in [0.05, 0.1) is 25.0 Å². The maximum Gasteiger partial charge on any atom is 0.249 e. The molecule has 0 bridgehead atoms. The second-order valence-electron chi connectivity index (χ2n) is 8.23. The zero-order valence-corrected chi connectivity index (χ0v) is 19.6. The third-order valence-corrected chi connectivity index (χ3v) is 6.09. The Labute approximate surface area is 199 Å². The minimum atomic E-state index is -0.306. The third-order valence-electron chi connectivity index (χ3n) is 6.09. The molecule has 2 aromatic rings. The van der Waals surface area contributed by atoms with Crippen LogP contribution in [0.4, 0.5) is 0 Å². The van der Waals surface area contributed by atoms with Crippen molar-refractivity contribution in [2.75, 3.05) is 19.8 Å². The zero-order valence-electron chi connectivity index (χ0n) is 19.6. The first-order valence-corrected chi connectivity index (χ1v) is 11.7. The Kier molecular flexibility index (Phi) is 7.50. The molecule has 2 aromatic carbocycles. The van der Waals surface area contributed by atoms with Crippen molar-refractivity contribution in [3.63, 3.8) is 0 Å². The third kappa shape index (κ3) is 5.07. The maximum absolute atomic E-state index is 13.0. The number of carbonyl (C=O) groups is 1. The van der Waals surface area contributed by atoms with E-state index in [-0.39, 0.29) is 24.4 Å². The van der Waals surface area contributed by atoms with Gasteiger partial charge in [-0.3, -0.25) is 4.79 Å². The summed E-state index contributed by atoms with van der Waals surface area (Å²) in [5.41, 5.74) is 12.8. The molecular weight excluding hydrogens is 430 g/mol. The Morgan fingerprint density at radius 2 is 1.76 bits per heavy atom. The Balaban J connectivity index is 1.67. The van der Waals surface area contributed by atoms with Crippen molar-refractivity contribution in [2.24, 2.45) is 16.1 Å². The number of allylic oxidation sites excluding steroid dienone is 1. The average Bonchev–Trinajstić information content (AvgIpc) is 3.25. The highest BCUT2D eigenvalue weighted by Crippen LogP contribution is 2.44. The molecule has 0 spiro atoms. The number of ether oxygens (including phenoxy) is 2. The lowest BCUT2D eigenvalue weighted by Crippen LogP contribution is -2.33. The first kappa shape index (κ1) is 23.4. The van der Waals surface area contributed by atoms with E-state index in [0.29, 0.717) is 13.2 Å². The van der Waals surface area contributed by atoms with Crippen molar-refractivity contribution >= 4 is 17.7 Å². The highest BCUT2D eigenvalue weighted by Gasteiger charge is 2.43. The fraction of sp³-hybridized carbons (Fsp3) is 0.385. The summed E-state index contributed by atoms with van der Waals surface area (Å²) in [5, 5.41) is 9.80. The normalized spacial score (nSPS) is 20.4. The molecule has 0 aromatic heterocycles. The molecule has 1 heterocycles. The second kappa shape index (κ2) is 10.9. The Hall–Kier alpha value is -3.77. The van der Waals surface area contributed by atoms with Gasteiger partial charge in [0.15, 0.2) is 0 Å². The monoisotopic (exact) mass is 459 g/mol. The standard InChI is InChI=1S/C26H29N5O3/c1-3-33-21-12-8-18(9-13-21)16-20-6-5-7-23-25(20)29-31(24(32)17-28-30-27)26(23)19-10-14-22(15-11-19)34-4-2/h8-16,23,26H,3-7,17H2,1-2H3/b20-16-. The van der Waals surface area contributed by atoms with Crippen molar-refractivity contribution in [2.45, 2.75) is 39.2 Å². The van der Waals surface area contributed by atoms with Crippen molar-refractivity contribution in [1.29, 1.82) is 0 Å². The van der Waals surface area contributed by atoms with Crippen LogP contribution in [-0.4, -0.2) is 36.4 Å². The van der Waals surface area contributed by atoms with E-state index >= 15 is 0 Å². The van der Waals surface area contributed by atoms with Gasteiger partial charge in [0, 0.05) is 10.8 Å². The highest BCUT2D eigenvalue weighted by molar-refractivity contribution is 6.08. The van der Waals surface area contributed by atoms with Crippen LogP contribution >= 0.6 is 0 Å². The minimum absolute atomic E-state index is 0.0793. The first-order chi connectivity index (χ1) is 16.6. The summed E-state index contributed by atoms with van der Waals surface area (Å²) in [5.74, 6) is 1.40. The number of nitrogens with zero attached hydrogens (tertiary/aromatic N) is 5. The molecule has 0 radical (unpaired) electrons. The van der Waals surface area contributed by atoms with Crippen molar-refractivity contribution in [3.8, 4) is 11.5 Å². The Morgan fingerprint density at radius 3 is 2.38 bits per heavy atom. The van der Waals surface area contributed by atoms with Gasteiger partial charge in [0.2, 0.25) is 5.91 Å². The van der Waals surface area contributed by atoms with Gasteiger partial charge in [-0.05, 0) is 85.7 Å². The number of carbonyl (C=O) groups excluding carboxylic acids is 1. The summed E-state index contributed by atoms with van der Waals surface area (Å²) >= 11 is 0. The lowest BCUT2D eigenvalue weighted by molar-refractivity contribution is -0.132. The molecule has 1 amide bonds. The predicted octanol–water partition coefficient (Wildman–Crippen LogP) is 5.92. The smallest absolute Gasteiger partial charge is 0.249 e. The molecule has 4 rings (SSSR count). The molecular formula is C26H29N5O3. The fourth-order valence-electron chi connectivity index (χ4n) is 4.66. The van der Waals surface area contributed by atoms with Crippen LogP contribution in [0.3, 0.4) is 0 Å². The molecule has 0 saturated heterocycles. The van der Waals surface area contributed by atoms with E-state index in [9.17, 15) is 4.79 Å². The number of benzene rings is 2. The van der Waals surface area contributed by atoms with Crippen LogP contribution in [-0.2, 0) is 4.79 Å². The molecule has 1 fully saturated rings. The largest absolute Gasteiger partial charge is 0.494 e. The van der Waals surface area contributed by atoms with E-state index < -0.39 is 0 Å². The van der Waals surface area contributed by atoms with Gasteiger partial charge in [-0.1, -0.05) is 29.4 Å². The number of azide groups is 1. The molecule has 2 atom stereocenters. The first-order valence-electron chi connectivity index (χ1n) is 11.7. The molecule has 8 heteroatoms. The Morgan fingerprint density at radius 1 is 1.12 bits per heavy atom. The predicted molar refractivity (Wildman–Crippen MR) is 132 cm³/mol. The summed E-state index contributed by atoms with van der Waals surface area (Å²) in [4.78, 5) is 15.7. The van der Waals surface area contributed by atoms with Crippen molar-refractivity contribution in [1.82, 2.24) is 5.01 Å². The maximum atomic E-state index is 13.0. The lowest BCUT2D eigenvalue weighted by atomic mass is 9.77. The van der Waals surface area contributed by atoms with Crippen LogP contribution in [0.15, 0.2) is 64.3 Å². The lowest BCUT2D eigenvalue weighted by Gasteiger charge is -2.29. The molecule has 34 heavy (non-hydrogen) atoms.